The van der Waals surface area contributed by atoms with Gasteiger partial charge in [-0.05, 0) is 44.2 Å². The number of aryl methyl sites for hydroxylation is 1. The number of ketones is 1. The van der Waals surface area contributed by atoms with Crippen molar-refractivity contribution in [3.63, 3.8) is 0 Å². The van der Waals surface area contributed by atoms with E-state index in [9.17, 15) is 9.59 Å². The third kappa shape index (κ3) is 3.05. The zero-order valence-corrected chi connectivity index (χ0v) is 14.0. The van der Waals surface area contributed by atoms with E-state index in [-0.39, 0.29) is 11.5 Å². The highest BCUT2D eigenvalue weighted by Gasteiger charge is 2.24. The number of carbonyl (C=O) groups excluding carboxylic acids is 2. The van der Waals surface area contributed by atoms with Crippen LogP contribution in [0.5, 0.6) is 0 Å². The Bertz CT molecular complexity index is 909. The van der Waals surface area contributed by atoms with Crippen LogP contribution in [0.1, 0.15) is 33.4 Å². The van der Waals surface area contributed by atoms with Gasteiger partial charge in [-0.2, -0.15) is 0 Å². The van der Waals surface area contributed by atoms with Crippen molar-refractivity contribution in [3.05, 3.63) is 70.4 Å². The van der Waals surface area contributed by atoms with E-state index in [1.807, 2.05) is 18.2 Å². The van der Waals surface area contributed by atoms with Gasteiger partial charge in [0.2, 0.25) is 11.5 Å². The molecule has 3 aromatic rings. The zero-order chi connectivity index (χ0) is 17.3. The molecule has 0 aliphatic rings. The largest absolute Gasteiger partial charge is 0.449 e. The van der Waals surface area contributed by atoms with E-state index in [0.717, 1.165) is 5.39 Å². The molecule has 0 spiro atoms. The lowest BCUT2D eigenvalue weighted by Crippen LogP contribution is -2.24. The van der Waals surface area contributed by atoms with Gasteiger partial charge in [-0.25, -0.2) is 4.79 Å². The molecule has 5 heteroatoms. The van der Waals surface area contributed by atoms with Crippen LogP contribution in [-0.4, -0.2) is 17.9 Å². The molecule has 0 bridgehead atoms. The first-order valence-corrected chi connectivity index (χ1v) is 7.84. The highest BCUT2D eigenvalue weighted by Crippen LogP contribution is 2.26. The molecule has 1 aromatic heterocycles. The number of Topliss-reactive ketones (excluding diaryl/α,β-unsaturated/α-hetero) is 1. The lowest BCUT2D eigenvalue weighted by molar-refractivity contribution is 0.0290. The Morgan fingerprint density at radius 2 is 1.75 bits per heavy atom. The number of furan rings is 1. The molecule has 0 amide bonds. The monoisotopic (exact) mass is 342 g/mol. The zero-order valence-electron chi connectivity index (χ0n) is 13.2. The molecule has 1 atom stereocenters. The number of carbonyl (C=O) groups is 2. The van der Waals surface area contributed by atoms with E-state index < -0.39 is 12.1 Å². The Hall–Kier alpha value is -2.59. The molecule has 24 heavy (non-hydrogen) atoms. The highest BCUT2D eigenvalue weighted by atomic mass is 35.5. The van der Waals surface area contributed by atoms with Gasteiger partial charge in [-0.3, -0.25) is 4.79 Å². The summed E-state index contributed by atoms with van der Waals surface area (Å²) in [6, 6.07) is 13.8. The second-order valence-electron chi connectivity index (χ2n) is 5.47. The van der Waals surface area contributed by atoms with E-state index in [1.165, 1.54) is 6.92 Å². The average Bonchev–Trinajstić information content (AvgIpc) is 2.92. The fraction of sp³-hybridized carbons (Fsp3) is 0.158. The van der Waals surface area contributed by atoms with Gasteiger partial charge < -0.3 is 9.15 Å². The molecule has 1 heterocycles. The summed E-state index contributed by atoms with van der Waals surface area (Å²) >= 11 is 5.81. The molecule has 3 rings (SSSR count). The molecular weight excluding hydrogens is 328 g/mol. The van der Waals surface area contributed by atoms with Crippen molar-refractivity contribution < 1.29 is 18.7 Å². The summed E-state index contributed by atoms with van der Waals surface area (Å²) in [4.78, 5) is 24.7. The molecule has 0 radical (unpaired) electrons. The first kappa shape index (κ1) is 16.3. The van der Waals surface area contributed by atoms with Gasteiger partial charge in [0.25, 0.3) is 0 Å². The Morgan fingerprint density at radius 1 is 1.08 bits per heavy atom. The number of hydrogen-bond donors (Lipinski definition) is 0. The van der Waals surface area contributed by atoms with Gasteiger partial charge in [-0.1, -0.05) is 29.8 Å². The molecule has 4 nitrogen and oxygen atoms in total. The van der Waals surface area contributed by atoms with Crippen LogP contribution < -0.4 is 0 Å². The number of rotatable bonds is 4. The minimum Gasteiger partial charge on any atom is -0.449 e. The summed E-state index contributed by atoms with van der Waals surface area (Å²) in [5.74, 6) is -0.834. The van der Waals surface area contributed by atoms with Crippen LogP contribution >= 0.6 is 11.6 Å². The standard InChI is InChI=1S/C19H15ClO4/c1-11-15-5-3-4-6-16(15)24-18(11)19(22)23-12(2)17(21)13-7-9-14(20)10-8-13/h3-10,12H,1-2H3/t12-/m1/s1. The lowest BCUT2D eigenvalue weighted by atomic mass is 10.1. The molecule has 0 saturated carbocycles. The molecule has 2 aromatic carbocycles. The molecular formula is C19H15ClO4. The van der Waals surface area contributed by atoms with E-state index in [2.05, 4.69) is 0 Å². The van der Waals surface area contributed by atoms with Crippen molar-refractivity contribution in [2.24, 2.45) is 0 Å². The number of hydrogen-bond acceptors (Lipinski definition) is 4. The van der Waals surface area contributed by atoms with Crippen molar-refractivity contribution in [2.75, 3.05) is 0 Å². The summed E-state index contributed by atoms with van der Waals surface area (Å²) < 4.78 is 10.8. The van der Waals surface area contributed by atoms with Crippen LogP contribution in [0.4, 0.5) is 0 Å². The first-order chi connectivity index (χ1) is 11.5. The Morgan fingerprint density at radius 3 is 2.42 bits per heavy atom. The highest BCUT2D eigenvalue weighted by molar-refractivity contribution is 6.30. The van der Waals surface area contributed by atoms with Crippen LogP contribution in [0.2, 0.25) is 5.02 Å². The van der Waals surface area contributed by atoms with Gasteiger partial charge >= 0.3 is 5.97 Å². The van der Waals surface area contributed by atoms with Crippen LogP contribution in [0.25, 0.3) is 11.0 Å². The van der Waals surface area contributed by atoms with Crippen molar-refractivity contribution in [2.45, 2.75) is 20.0 Å². The number of ether oxygens (including phenoxy) is 1. The number of benzene rings is 2. The van der Waals surface area contributed by atoms with E-state index in [0.29, 0.717) is 21.7 Å². The van der Waals surface area contributed by atoms with Crippen molar-refractivity contribution in [1.82, 2.24) is 0 Å². The maximum absolute atomic E-state index is 12.3. The molecule has 0 saturated heterocycles. The molecule has 0 fully saturated rings. The first-order valence-electron chi connectivity index (χ1n) is 7.46. The van der Waals surface area contributed by atoms with Crippen molar-refractivity contribution in [1.29, 1.82) is 0 Å². The SMILES string of the molecule is Cc1c(C(=O)O[C@H](C)C(=O)c2ccc(Cl)cc2)oc2ccccc12. The van der Waals surface area contributed by atoms with Crippen LogP contribution in [0.15, 0.2) is 52.9 Å². The minimum absolute atomic E-state index is 0.118. The Balaban J connectivity index is 1.79. The fourth-order valence-electron chi connectivity index (χ4n) is 2.49. The predicted molar refractivity (Wildman–Crippen MR) is 91.6 cm³/mol. The van der Waals surface area contributed by atoms with E-state index in [4.69, 9.17) is 20.8 Å². The van der Waals surface area contributed by atoms with Gasteiger partial charge in [0, 0.05) is 21.5 Å². The maximum atomic E-state index is 12.3. The fourth-order valence-corrected chi connectivity index (χ4v) is 2.61. The van der Waals surface area contributed by atoms with Crippen LogP contribution in [-0.2, 0) is 4.74 Å². The van der Waals surface area contributed by atoms with Crippen LogP contribution in [0, 0.1) is 6.92 Å². The molecule has 0 aliphatic heterocycles. The third-order valence-corrected chi connectivity index (χ3v) is 4.06. The quantitative estimate of drug-likeness (QED) is 0.503. The summed E-state index contributed by atoms with van der Waals surface area (Å²) in [5.41, 5.74) is 1.74. The normalized spacial score (nSPS) is 12.1. The smallest absolute Gasteiger partial charge is 0.375 e. The number of para-hydroxylation sites is 1. The van der Waals surface area contributed by atoms with E-state index in [1.54, 1.807) is 37.3 Å². The van der Waals surface area contributed by atoms with Gasteiger partial charge in [0.15, 0.2) is 6.10 Å². The van der Waals surface area contributed by atoms with E-state index >= 15 is 0 Å². The maximum Gasteiger partial charge on any atom is 0.375 e. The number of esters is 1. The summed E-state index contributed by atoms with van der Waals surface area (Å²) in [7, 11) is 0. The summed E-state index contributed by atoms with van der Waals surface area (Å²) in [6.07, 6.45) is -0.925. The second kappa shape index (κ2) is 6.49. The average molecular weight is 343 g/mol. The Kier molecular flexibility index (Phi) is 4.40. The Labute approximate surface area is 144 Å². The van der Waals surface area contributed by atoms with Crippen molar-refractivity contribution >= 4 is 34.3 Å². The lowest BCUT2D eigenvalue weighted by Gasteiger charge is -2.11. The molecule has 0 unspecified atom stereocenters. The van der Waals surface area contributed by atoms with Gasteiger partial charge in [0.1, 0.15) is 5.58 Å². The van der Waals surface area contributed by atoms with Gasteiger partial charge in [0.05, 0.1) is 0 Å². The second-order valence-corrected chi connectivity index (χ2v) is 5.91. The molecule has 122 valence electrons. The summed E-state index contributed by atoms with van der Waals surface area (Å²) in [6.45, 7) is 3.32. The van der Waals surface area contributed by atoms with Crippen molar-refractivity contribution in [3.8, 4) is 0 Å². The molecule has 0 N–H and O–H groups in total. The third-order valence-electron chi connectivity index (χ3n) is 3.81. The topological polar surface area (TPSA) is 56.5 Å². The summed E-state index contributed by atoms with van der Waals surface area (Å²) in [5, 5.41) is 1.38. The van der Waals surface area contributed by atoms with Gasteiger partial charge in [-0.15, -0.1) is 0 Å². The predicted octanol–water partition coefficient (Wildman–Crippen LogP) is 4.82. The van der Waals surface area contributed by atoms with Crippen LogP contribution in [0.3, 0.4) is 0 Å². The molecule has 0 aliphatic carbocycles. The number of fused-ring (bicyclic) bond motifs is 1. The number of halogens is 1. The minimum atomic E-state index is -0.925.